The number of nitrogens with two attached hydrogens (primary N) is 1. The fourth-order valence-electron chi connectivity index (χ4n) is 0.691. The second-order valence-electron chi connectivity index (χ2n) is 2.13. The standard InChI is InChI=1S/C7H9N3O2/c8-7(10-12)9-5-1-3-6(11)4-2-5/h1-4,11-12H,(H3,8,9,10). The first-order valence-electron chi connectivity index (χ1n) is 3.25. The van der Waals surface area contributed by atoms with Crippen LogP contribution in [0.3, 0.4) is 0 Å². The number of aromatic hydroxyl groups is 1. The Kier molecular flexibility index (Phi) is 2.49. The maximum atomic E-state index is 8.90. The van der Waals surface area contributed by atoms with E-state index in [0.29, 0.717) is 5.69 Å². The Morgan fingerprint density at radius 1 is 1.33 bits per heavy atom. The lowest BCUT2D eigenvalue weighted by Crippen LogP contribution is -2.27. The van der Waals surface area contributed by atoms with Crippen molar-refractivity contribution < 1.29 is 10.3 Å². The molecule has 5 nitrogen and oxygen atoms in total. The lowest BCUT2D eigenvalue weighted by atomic mass is 10.3. The van der Waals surface area contributed by atoms with Gasteiger partial charge in [0.25, 0.3) is 0 Å². The number of hydroxylamine groups is 1. The molecule has 1 aromatic carbocycles. The quantitative estimate of drug-likeness (QED) is 0.275. The second-order valence-corrected chi connectivity index (χ2v) is 2.13. The van der Waals surface area contributed by atoms with Crippen molar-refractivity contribution >= 4 is 11.6 Å². The van der Waals surface area contributed by atoms with Gasteiger partial charge in [-0.05, 0) is 24.3 Å². The van der Waals surface area contributed by atoms with E-state index in [9.17, 15) is 0 Å². The minimum atomic E-state index is -0.0966. The Morgan fingerprint density at radius 2 is 1.92 bits per heavy atom. The van der Waals surface area contributed by atoms with Gasteiger partial charge >= 0.3 is 0 Å². The third kappa shape index (κ3) is 2.14. The molecule has 0 unspecified atom stereocenters. The molecular weight excluding hydrogens is 158 g/mol. The molecule has 0 radical (unpaired) electrons. The molecule has 5 heteroatoms. The number of nitrogens with one attached hydrogen (secondary N) is 1. The molecule has 0 heterocycles. The fourth-order valence-corrected chi connectivity index (χ4v) is 0.691. The smallest absolute Gasteiger partial charge is 0.218 e. The van der Waals surface area contributed by atoms with E-state index in [0.717, 1.165) is 0 Å². The van der Waals surface area contributed by atoms with Gasteiger partial charge in [0.1, 0.15) is 5.75 Å². The Balaban J connectivity index is 2.84. The maximum absolute atomic E-state index is 8.90. The number of hydrogen-bond donors (Lipinski definition) is 4. The Bertz CT molecular complexity index is 281. The maximum Gasteiger partial charge on any atom is 0.218 e. The van der Waals surface area contributed by atoms with Gasteiger partial charge < -0.3 is 10.8 Å². The summed E-state index contributed by atoms with van der Waals surface area (Å²) >= 11 is 0. The van der Waals surface area contributed by atoms with Crippen molar-refractivity contribution in [2.75, 3.05) is 0 Å². The van der Waals surface area contributed by atoms with Crippen LogP contribution in [0.1, 0.15) is 0 Å². The van der Waals surface area contributed by atoms with Crippen LogP contribution in [0.15, 0.2) is 29.3 Å². The highest BCUT2D eigenvalue weighted by Gasteiger charge is 1.91. The van der Waals surface area contributed by atoms with Gasteiger partial charge in [-0.15, -0.1) is 0 Å². The SMILES string of the molecule is NC(=Nc1ccc(O)cc1)NO. The molecule has 12 heavy (non-hydrogen) atoms. The molecule has 5 N–H and O–H groups in total. The summed E-state index contributed by atoms with van der Waals surface area (Å²) in [6.45, 7) is 0. The van der Waals surface area contributed by atoms with E-state index in [1.54, 1.807) is 17.6 Å². The largest absolute Gasteiger partial charge is 0.508 e. The summed E-state index contributed by atoms with van der Waals surface area (Å²) in [4.78, 5) is 3.74. The van der Waals surface area contributed by atoms with Crippen LogP contribution in [0.2, 0.25) is 0 Å². The molecule has 0 aliphatic heterocycles. The molecule has 0 aromatic heterocycles. The van der Waals surface area contributed by atoms with E-state index in [2.05, 4.69) is 4.99 Å². The molecule has 0 atom stereocenters. The third-order valence-corrected chi connectivity index (χ3v) is 1.21. The van der Waals surface area contributed by atoms with Crippen molar-refractivity contribution in [2.45, 2.75) is 0 Å². The summed E-state index contributed by atoms with van der Waals surface area (Å²) in [5.41, 5.74) is 7.41. The summed E-state index contributed by atoms with van der Waals surface area (Å²) in [6, 6.07) is 6.09. The number of nitrogens with zero attached hydrogens (tertiary/aromatic N) is 1. The third-order valence-electron chi connectivity index (χ3n) is 1.21. The number of phenolic OH excluding ortho intramolecular Hbond substituents is 1. The van der Waals surface area contributed by atoms with Crippen LogP contribution in [0, 0.1) is 0 Å². The summed E-state index contributed by atoms with van der Waals surface area (Å²) in [7, 11) is 0. The highest BCUT2D eigenvalue weighted by Crippen LogP contribution is 2.15. The minimum Gasteiger partial charge on any atom is -0.508 e. The number of guanidine groups is 1. The predicted octanol–water partition coefficient (Wildman–Crippen LogP) is 0.317. The molecule has 0 saturated carbocycles. The average molecular weight is 167 g/mol. The van der Waals surface area contributed by atoms with Crippen LogP contribution < -0.4 is 11.2 Å². The van der Waals surface area contributed by atoms with Crippen molar-refractivity contribution in [2.24, 2.45) is 10.7 Å². The van der Waals surface area contributed by atoms with Gasteiger partial charge in [-0.2, -0.15) is 0 Å². The van der Waals surface area contributed by atoms with E-state index in [-0.39, 0.29) is 11.7 Å². The molecule has 0 aliphatic carbocycles. The zero-order valence-electron chi connectivity index (χ0n) is 6.23. The van der Waals surface area contributed by atoms with E-state index in [1.165, 1.54) is 12.1 Å². The van der Waals surface area contributed by atoms with E-state index in [1.807, 2.05) is 0 Å². The van der Waals surface area contributed by atoms with E-state index in [4.69, 9.17) is 16.0 Å². The molecule has 1 aromatic rings. The van der Waals surface area contributed by atoms with Crippen molar-refractivity contribution in [1.29, 1.82) is 0 Å². The summed E-state index contributed by atoms with van der Waals surface area (Å²) in [5, 5.41) is 17.2. The Labute approximate surface area is 69.1 Å². The normalized spacial score (nSPS) is 11.2. The van der Waals surface area contributed by atoms with Crippen molar-refractivity contribution in [1.82, 2.24) is 5.48 Å². The van der Waals surface area contributed by atoms with Gasteiger partial charge in [-0.25, -0.2) is 10.5 Å². The van der Waals surface area contributed by atoms with Crippen LogP contribution in [0.25, 0.3) is 0 Å². The molecule has 0 saturated heterocycles. The van der Waals surface area contributed by atoms with Gasteiger partial charge in [-0.1, -0.05) is 0 Å². The van der Waals surface area contributed by atoms with Crippen molar-refractivity contribution in [3.8, 4) is 5.75 Å². The van der Waals surface area contributed by atoms with Crippen LogP contribution in [0.4, 0.5) is 5.69 Å². The molecular formula is C7H9N3O2. The molecule has 1 rings (SSSR count). The number of rotatable bonds is 1. The molecule has 0 amide bonds. The number of hydrogen-bond acceptors (Lipinski definition) is 3. The first-order valence-corrected chi connectivity index (χ1v) is 3.25. The van der Waals surface area contributed by atoms with Gasteiger partial charge in [-0.3, -0.25) is 5.21 Å². The Hall–Kier alpha value is -1.75. The van der Waals surface area contributed by atoms with Crippen LogP contribution in [-0.4, -0.2) is 16.3 Å². The van der Waals surface area contributed by atoms with Crippen LogP contribution >= 0.6 is 0 Å². The molecule has 64 valence electrons. The summed E-state index contributed by atoms with van der Waals surface area (Å²) in [6.07, 6.45) is 0. The highest BCUT2D eigenvalue weighted by atomic mass is 16.5. The van der Waals surface area contributed by atoms with Crippen molar-refractivity contribution in [3.63, 3.8) is 0 Å². The number of benzene rings is 1. The molecule has 0 fully saturated rings. The molecule has 0 bridgehead atoms. The summed E-state index contributed by atoms with van der Waals surface area (Å²) < 4.78 is 0. The predicted molar refractivity (Wildman–Crippen MR) is 44.3 cm³/mol. The molecule has 0 aliphatic rings. The fraction of sp³-hybridized carbons (Fsp3) is 0. The van der Waals surface area contributed by atoms with Gasteiger partial charge in [0.05, 0.1) is 5.69 Å². The topological polar surface area (TPSA) is 90.9 Å². The first kappa shape index (κ1) is 8.35. The first-order chi connectivity index (χ1) is 5.72. The lowest BCUT2D eigenvalue weighted by molar-refractivity contribution is 0.233. The Morgan fingerprint density at radius 3 is 2.42 bits per heavy atom. The molecule has 0 spiro atoms. The lowest BCUT2D eigenvalue weighted by Gasteiger charge is -1.97. The van der Waals surface area contributed by atoms with E-state index >= 15 is 0 Å². The van der Waals surface area contributed by atoms with Gasteiger partial charge in [0.2, 0.25) is 5.96 Å². The van der Waals surface area contributed by atoms with Crippen LogP contribution in [0.5, 0.6) is 5.75 Å². The number of phenols is 1. The second kappa shape index (κ2) is 3.59. The van der Waals surface area contributed by atoms with Gasteiger partial charge in [0.15, 0.2) is 0 Å². The zero-order chi connectivity index (χ0) is 8.97. The average Bonchev–Trinajstić information content (AvgIpc) is 2.09. The van der Waals surface area contributed by atoms with Gasteiger partial charge in [0, 0.05) is 0 Å². The minimum absolute atomic E-state index is 0.0966. The highest BCUT2D eigenvalue weighted by molar-refractivity contribution is 5.79. The van der Waals surface area contributed by atoms with E-state index < -0.39 is 0 Å². The monoisotopic (exact) mass is 167 g/mol. The van der Waals surface area contributed by atoms with Crippen LogP contribution in [-0.2, 0) is 0 Å². The van der Waals surface area contributed by atoms with Crippen molar-refractivity contribution in [3.05, 3.63) is 24.3 Å². The number of aliphatic imine (C=N–C) groups is 1. The summed E-state index contributed by atoms with van der Waals surface area (Å²) in [5.74, 6) is 0.0603. The zero-order valence-corrected chi connectivity index (χ0v) is 6.23.